The number of nitrogens with zero attached hydrogens (tertiary/aromatic N) is 1. The predicted molar refractivity (Wildman–Crippen MR) is 81.1 cm³/mol. The molecule has 0 bridgehead atoms. The molecule has 0 aliphatic heterocycles. The average molecular weight is 311 g/mol. The molecular formula is C15H22FN3O3. The van der Waals surface area contributed by atoms with Crippen molar-refractivity contribution in [1.82, 2.24) is 15.5 Å². The monoisotopic (exact) mass is 311 g/mol. The minimum atomic E-state index is -0.402. The molecule has 0 aliphatic carbocycles. The fourth-order valence-electron chi connectivity index (χ4n) is 1.69. The third kappa shape index (κ3) is 7.58. The van der Waals surface area contributed by atoms with Gasteiger partial charge in [0.25, 0.3) is 0 Å². The summed E-state index contributed by atoms with van der Waals surface area (Å²) in [6.07, 6.45) is 0. The number of likely N-dealkylation sites (N-methyl/N-ethyl adjacent to an activating group) is 1. The summed E-state index contributed by atoms with van der Waals surface area (Å²) < 4.78 is 18.6. The zero-order valence-electron chi connectivity index (χ0n) is 12.9. The van der Waals surface area contributed by atoms with Gasteiger partial charge in [-0.15, -0.1) is 0 Å². The maximum atomic E-state index is 13.3. The first kappa shape index (κ1) is 17.9. The van der Waals surface area contributed by atoms with Gasteiger partial charge >= 0.3 is 0 Å². The molecule has 0 heterocycles. The third-order valence-corrected chi connectivity index (χ3v) is 2.80. The van der Waals surface area contributed by atoms with Crippen LogP contribution in [0.2, 0.25) is 0 Å². The van der Waals surface area contributed by atoms with E-state index in [0.29, 0.717) is 19.6 Å². The van der Waals surface area contributed by atoms with E-state index in [0.717, 1.165) is 0 Å². The topological polar surface area (TPSA) is 70.7 Å². The van der Waals surface area contributed by atoms with Crippen molar-refractivity contribution in [3.05, 3.63) is 30.1 Å². The molecule has 0 aliphatic rings. The summed E-state index contributed by atoms with van der Waals surface area (Å²) in [6.45, 7) is 3.20. The smallest absolute Gasteiger partial charge is 0.234 e. The van der Waals surface area contributed by atoms with Crippen LogP contribution in [0, 0.1) is 5.82 Å². The van der Waals surface area contributed by atoms with Gasteiger partial charge in [0, 0.05) is 26.6 Å². The third-order valence-electron chi connectivity index (χ3n) is 2.80. The molecule has 0 saturated carbocycles. The Morgan fingerprint density at radius 3 is 2.59 bits per heavy atom. The van der Waals surface area contributed by atoms with Crippen molar-refractivity contribution in [1.29, 1.82) is 0 Å². The molecule has 0 fully saturated rings. The molecule has 1 rings (SSSR count). The lowest BCUT2D eigenvalue weighted by atomic mass is 10.3. The van der Waals surface area contributed by atoms with Crippen molar-refractivity contribution in [3.8, 4) is 5.75 Å². The molecular weight excluding hydrogens is 289 g/mol. The summed E-state index contributed by atoms with van der Waals surface area (Å²) in [6, 6.07) is 6.19. The Labute approximate surface area is 129 Å². The van der Waals surface area contributed by atoms with Crippen LogP contribution in [0.3, 0.4) is 0 Å². The number of rotatable bonds is 9. The number of carbonyl (C=O) groups is 2. The Kier molecular flexibility index (Phi) is 7.91. The molecule has 0 spiro atoms. The van der Waals surface area contributed by atoms with Gasteiger partial charge in [-0.3, -0.25) is 14.5 Å². The highest BCUT2D eigenvalue weighted by Gasteiger charge is 2.07. The predicted octanol–water partition coefficient (Wildman–Crippen LogP) is 0.389. The van der Waals surface area contributed by atoms with Gasteiger partial charge in [0.1, 0.15) is 6.61 Å². The lowest BCUT2D eigenvalue weighted by Crippen LogP contribution is -2.40. The van der Waals surface area contributed by atoms with Crippen LogP contribution in [-0.4, -0.2) is 56.5 Å². The maximum absolute atomic E-state index is 13.3. The Morgan fingerprint density at radius 1 is 1.23 bits per heavy atom. The number of hydrogen-bond donors (Lipinski definition) is 2. The molecule has 0 radical (unpaired) electrons. The van der Waals surface area contributed by atoms with E-state index in [1.165, 1.54) is 13.0 Å². The molecule has 0 aromatic heterocycles. The average Bonchev–Trinajstić information content (AvgIpc) is 2.45. The second kappa shape index (κ2) is 9.73. The first-order chi connectivity index (χ1) is 10.5. The summed E-state index contributed by atoms with van der Waals surface area (Å²) in [5, 5.41) is 5.28. The fraction of sp³-hybridized carbons (Fsp3) is 0.467. The minimum Gasteiger partial charge on any atom is -0.489 e. The molecule has 0 unspecified atom stereocenters. The molecule has 1 aromatic rings. The van der Waals surface area contributed by atoms with Crippen LogP contribution in [0.4, 0.5) is 4.39 Å². The van der Waals surface area contributed by atoms with E-state index >= 15 is 0 Å². The first-order valence-electron chi connectivity index (χ1n) is 7.06. The van der Waals surface area contributed by atoms with Crippen LogP contribution in [0.15, 0.2) is 24.3 Å². The summed E-state index contributed by atoms with van der Waals surface area (Å²) >= 11 is 0. The molecule has 22 heavy (non-hydrogen) atoms. The van der Waals surface area contributed by atoms with Gasteiger partial charge in [0.2, 0.25) is 11.8 Å². The zero-order valence-corrected chi connectivity index (χ0v) is 12.9. The molecule has 0 atom stereocenters. The Balaban J connectivity index is 2.15. The lowest BCUT2D eigenvalue weighted by Gasteiger charge is -2.16. The normalized spacial score (nSPS) is 10.4. The summed E-state index contributed by atoms with van der Waals surface area (Å²) in [7, 11) is 1.78. The van der Waals surface area contributed by atoms with Crippen molar-refractivity contribution in [2.75, 3.05) is 39.8 Å². The standard InChI is InChI=1S/C15H22FN3O3/c1-12(20)17-7-8-18-15(21)11-19(2)9-10-22-14-6-4-3-5-13(14)16/h3-6H,7-11H2,1-2H3,(H,17,20)(H,18,21). The number of para-hydroxylation sites is 1. The first-order valence-corrected chi connectivity index (χ1v) is 7.06. The Bertz CT molecular complexity index is 497. The Hall–Kier alpha value is -2.15. The van der Waals surface area contributed by atoms with E-state index < -0.39 is 5.82 Å². The molecule has 0 saturated heterocycles. The number of benzene rings is 1. The number of hydrogen-bond acceptors (Lipinski definition) is 4. The van der Waals surface area contributed by atoms with E-state index in [4.69, 9.17) is 4.74 Å². The van der Waals surface area contributed by atoms with Crippen molar-refractivity contribution in [2.45, 2.75) is 6.92 Å². The van der Waals surface area contributed by atoms with Gasteiger partial charge in [-0.1, -0.05) is 12.1 Å². The molecule has 2 amide bonds. The molecule has 1 aromatic carbocycles. The number of amides is 2. The minimum absolute atomic E-state index is 0.128. The van der Waals surface area contributed by atoms with E-state index in [-0.39, 0.29) is 30.7 Å². The van der Waals surface area contributed by atoms with Crippen LogP contribution in [0.25, 0.3) is 0 Å². The number of halogens is 1. The quantitative estimate of drug-likeness (QED) is 0.647. The summed E-state index contributed by atoms with van der Waals surface area (Å²) in [5.41, 5.74) is 0. The molecule has 7 heteroatoms. The van der Waals surface area contributed by atoms with E-state index in [9.17, 15) is 14.0 Å². The van der Waals surface area contributed by atoms with Gasteiger partial charge in [-0.2, -0.15) is 0 Å². The Morgan fingerprint density at radius 2 is 1.91 bits per heavy atom. The van der Waals surface area contributed by atoms with E-state index in [2.05, 4.69) is 10.6 Å². The fourth-order valence-corrected chi connectivity index (χ4v) is 1.69. The summed E-state index contributed by atoms with van der Waals surface area (Å²) in [5.74, 6) is -0.466. The van der Waals surface area contributed by atoms with Gasteiger partial charge in [0.05, 0.1) is 6.54 Å². The highest BCUT2D eigenvalue weighted by molar-refractivity contribution is 5.78. The second-order valence-corrected chi connectivity index (χ2v) is 4.85. The largest absolute Gasteiger partial charge is 0.489 e. The van der Waals surface area contributed by atoms with Gasteiger partial charge < -0.3 is 15.4 Å². The molecule has 2 N–H and O–H groups in total. The SMILES string of the molecule is CC(=O)NCCNC(=O)CN(C)CCOc1ccccc1F. The molecule has 6 nitrogen and oxygen atoms in total. The van der Waals surface area contributed by atoms with Gasteiger partial charge in [-0.25, -0.2) is 4.39 Å². The van der Waals surface area contributed by atoms with Crippen LogP contribution >= 0.6 is 0 Å². The van der Waals surface area contributed by atoms with Crippen LogP contribution in [-0.2, 0) is 9.59 Å². The van der Waals surface area contributed by atoms with E-state index in [1.807, 2.05) is 0 Å². The van der Waals surface area contributed by atoms with Crippen molar-refractivity contribution >= 4 is 11.8 Å². The lowest BCUT2D eigenvalue weighted by molar-refractivity contribution is -0.122. The van der Waals surface area contributed by atoms with Gasteiger partial charge in [0.15, 0.2) is 11.6 Å². The van der Waals surface area contributed by atoms with Gasteiger partial charge in [-0.05, 0) is 19.2 Å². The van der Waals surface area contributed by atoms with Crippen LogP contribution in [0.1, 0.15) is 6.92 Å². The number of nitrogens with one attached hydrogen (secondary N) is 2. The van der Waals surface area contributed by atoms with Crippen LogP contribution < -0.4 is 15.4 Å². The van der Waals surface area contributed by atoms with Crippen molar-refractivity contribution in [2.24, 2.45) is 0 Å². The van der Waals surface area contributed by atoms with Crippen molar-refractivity contribution < 1.29 is 18.7 Å². The maximum Gasteiger partial charge on any atom is 0.234 e. The summed E-state index contributed by atoms with van der Waals surface area (Å²) in [4.78, 5) is 24.0. The van der Waals surface area contributed by atoms with E-state index in [1.54, 1.807) is 30.1 Å². The van der Waals surface area contributed by atoms with Crippen molar-refractivity contribution in [3.63, 3.8) is 0 Å². The van der Waals surface area contributed by atoms with Crippen LogP contribution in [0.5, 0.6) is 5.75 Å². The highest BCUT2D eigenvalue weighted by atomic mass is 19.1. The number of carbonyl (C=O) groups excluding carboxylic acids is 2. The number of ether oxygens (including phenoxy) is 1. The highest BCUT2D eigenvalue weighted by Crippen LogP contribution is 2.14. The zero-order chi connectivity index (χ0) is 16.4. The second-order valence-electron chi connectivity index (χ2n) is 4.85. The molecule has 122 valence electrons.